The molecule has 5 nitrogen and oxygen atoms in total. The molecule has 0 atom stereocenters. The Labute approximate surface area is 70.9 Å². The zero-order valence-corrected chi connectivity index (χ0v) is 7.17. The van der Waals surface area contributed by atoms with Crippen molar-refractivity contribution in [2.24, 2.45) is 5.41 Å². The smallest absolute Gasteiger partial charge is 0.263 e. The molecule has 0 aromatic carbocycles. The van der Waals surface area contributed by atoms with Crippen LogP contribution in [0.3, 0.4) is 0 Å². The lowest BCUT2D eigenvalue weighted by atomic mass is 10.0. The molecule has 1 aromatic heterocycles. The predicted molar refractivity (Wildman–Crippen MR) is 44.6 cm³/mol. The number of tetrazole rings is 1. The van der Waals surface area contributed by atoms with Crippen LogP contribution in [0.1, 0.15) is 26.2 Å². The number of anilines is 1. The maximum absolute atomic E-state index is 3.82. The number of hydrogen-bond acceptors (Lipinski definition) is 4. The second kappa shape index (κ2) is 2.73. The van der Waals surface area contributed by atoms with E-state index in [1.54, 1.807) is 0 Å². The molecule has 66 valence electrons. The topological polar surface area (TPSA) is 66.5 Å². The third-order valence-electron chi connectivity index (χ3n) is 2.67. The van der Waals surface area contributed by atoms with E-state index in [0.717, 1.165) is 6.54 Å². The third-order valence-corrected chi connectivity index (χ3v) is 2.67. The van der Waals surface area contributed by atoms with Gasteiger partial charge in [0, 0.05) is 6.54 Å². The fraction of sp³-hybridized carbons (Fsp3) is 0.857. The predicted octanol–water partition coefficient (Wildman–Crippen LogP) is 0.802. The molecule has 2 N–H and O–H groups in total. The van der Waals surface area contributed by atoms with Crippen LogP contribution in [0.15, 0.2) is 0 Å². The van der Waals surface area contributed by atoms with Crippen LogP contribution in [0, 0.1) is 5.41 Å². The number of H-pyrrole nitrogens is 1. The Morgan fingerprint density at radius 1 is 1.58 bits per heavy atom. The van der Waals surface area contributed by atoms with Gasteiger partial charge in [-0.2, -0.15) is 5.21 Å². The van der Waals surface area contributed by atoms with Crippen molar-refractivity contribution < 1.29 is 0 Å². The van der Waals surface area contributed by atoms with Crippen LogP contribution in [-0.4, -0.2) is 27.2 Å². The summed E-state index contributed by atoms with van der Waals surface area (Å²) >= 11 is 0. The van der Waals surface area contributed by atoms with Gasteiger partial charge in [0.05, 0.1) is 0 Å². The van der Waals surface area contributed by atoms with Crippen molar-refractivity contribution in [1.29, 1.82) is 0 Å². The van der Waals surface area contributed by atoms with Gasteiger partial charge in [-0.05, 0) is 29.9 Å². The Bertz CT molecular complexity index is 238. The van der Waals surface area contributed by atoms with E-state index in [0.29, 0.717) is 11.4 Å². The molecular formula is C7H13N5. The minimum Gasteiger partial charge on any atom is -0.351 e. The minimum atomic E-state index is 0.528. The summed E-state index contributed by atoms with van der Waals surface area (Å²) < 4.78 is 0. The molecule has 0 aliphatic heterocycles. The first-order valence-electron chi connectivity index (χ1n) is 4.32. The van der Waals surface area contributed by atoms with Gasteiger partial charge in [0.2, 0.25) is 0 Å². The van der Waals surface area contributed by atoms with Crippen LogP contribution in [0.5, 0.6) is 0 Å². The van der Waals surface area contributed by atoms with E-state index >= 15 is 0 Å². The standard InChI is InChI=1S/C7H13N5/c1-2-7(3-4-7)5-8-6-9-11-12-10-6/h2-5H2,1H3,(H2,8,9,10,11,12). The van der Waals surface area contributed by atoms with Gasteiger partial charge >= 0.3 is 0 Å². The van der Waals surface area contributed by atoms with Crippen LogP contribution < -0.4 is 5.32 Å². The maximum atomic E-state index is 3.82. The monoisotopic (exact) mass is 167 g/mol. The summed E-state index contributed by atoms with van der Waals surface area (Å²) in [4.78, 5) is 0. The highest BCUT2D eigenvalue weighted by molar-refractivity contribution is 5.20. The second-order valence-corrected chi connectivity index (χ2v) is 3.44. The van der Waals surface area contributed by atoms with Crippen molar-refractivity contribution in [3.63, 3.8) is 0 Å². The van der Waals surface area contributed by atoms with E-state index in [4.69, 9.17) is 0 Å². The van der Waals surface area contributed by atoms with Crippen molar-refractivity contribution in [2.45, 2.75) is 26.2 Å². The average Bonchev–Trinajstić information content (AvgIpc) is 2.70. The number of aromatic amines is 1. The lowest BCUT2D eigenvalue weighted by molar-refractivity contribution is 0.520. The summed E-state index contributed by atoms with van der Waals surface area (Å²) in [5, 5.41) is 16.7. The second-order valence-electron chi connectivity index (χ2n) is 3.44. The third kappa shape index (κ3) is 1.39. The van der Waals surface area contributed by atoms with Gasteiger partial charge in [-0.3, -0.25) is 0 Å². The number of nitrogens with zero attached hydrogens (tertiary/aromatic N) is 3. The zero-order chi connectivity index (χ0) is 8.44. The Morgan fingerprint density at radius 2 is 2.42 bits per heavy atom. The fourth-order valence-corrected chi connectivity index (χ4v) is 1.34. The number of nitrogens with one attached hydrogen (secondary N) is 2. The van der Waals surface area contributed by atoms with Gasteiger partial charge in [-0.1, -0.05) is 12.0 Å². The molecule has 2 rings (SSSR count). The van der Waals surface area contributed by atoms with E-state index in [1.165, 1.54) is 19.3 Å². The molecule has 1 aliphatic carbocycles. The van der Waals surface area contributed by atoms with E-state index < -0.39 is 0 Å². The number of aromatic nitrogens is 4. The van der Waals surface area contributed by atoms with Crippen LogP contribution in [0.25, 0.3) is 0 Å². The van der Waals surface area contributed by atoms with E-state index in [1.807, 2.05) is 0 Å². The van der Waals surface area contributed by atoms with E-state index in [9.17, 15) is 0 Å². The summed E-state index contributed by atoms with van der Waals surface area (Å²) in [5.41, 5.74) is 0.528. The van der Waals surface area contributed by atoms with Crippen LogP contribution >= 0.6 is 0 Å². The highest BCUT2D eigenvalue weighted by atomic mass is 15.5. The van der Waals surface area contributed by atoms with Gasteiger partial charge < -0.3 is 5.32 Å². The lowest BCUT2D eigenvalue weighted by Gasteiger charge is -2.10. The van der Waals surface area contributed by atoms with Crippen LogP contribution in [-0.2, 0) is 0 Å². The molecule has 5 heteroatoms. The Kier molecular flexibility index (Phi) is 1.71. The quantitative estimate of drug-likeness (QED) is 0.696. The number of rotatable bonds is 4. The maximum Gasteiger partial charge on any atom is 0.263 e. The van der Waals surface area contributed by atoms with E-state index in [-0.39, 0.29) is 0 Å². The van der Waals surface area contributed by atoms with Crippen molar-refractivity contribution in [3.05, 3.63) is 0 Å². The average molecular weight is 167 g/mol. The summed E-state index contributed by atoms with van der Waals surface area (Å²) in [5.74, 6) is 0.606. The molecule has 1 fully saturated rings. The van der Waals surface area contributed by atoms with Gasteiger partial charge in [-0.15, -0.1) is 5.10 Å². The summed E-state index contributed by atoms with van der Waals surface area (Å²) in [7, 11) is 0. The zero-order valence-electron chi connectivity index (χ0n) is 7.17. The Balaban J connectivity index is 1.83. The summed E-state index contributed by atoms with van der Waals surface area (Å²) in [6, 6.07) is 0. The largest absolute Gasteiger partial charge is 0.351 e. The molecule has 0 unspecified atom stereocenters. The first-order chi connectivity index (χ1) is 5.85. The molecular weight excluding hydrogens is 154 g/mol. The molecule has 0 saturated heterocycles. The summed E-state index contributed by atoms with van der Waals surface area (Å²) in [6.07, 6.45) is 3.89. The SMILES string of the molecule is CCC1(CNc2nn[nH]n2)CC1. The van der Waals surface area contributed by atoms with Crippen molar-refractivity contribution in [3.8, 4) is 0 Å². The normalized spacial score (nSPS) is 19.1. The molecule has 1 saturated carbocycles. The van der Waals surface area contributed by atoms with Gasteiger partial charge in [0.1, 0.15) is 0 Å². The minimum absolute atomic E-state index is 0.528. The lowest BCUT2D eigenvalue weighted by Crippen LogP contribution is -2.15. The molecule has 0 amide bonds. The molecule has 1 aromatic rings. The molecule has 1 heterocycles. The van der Waals surface area contributed by atoms with Gasteiger partial charge in [0.15, 0.2) is 0 Å². The molecule has 0 bridgehead atoms. The molecule has 1 aliphatic rings. The highest BCUT2D eigenvalue weighted by Gasteiger charge is 2.40. The fourth-order valence-electron chi connectivity index (χ4n) is 1.34. The van der Waals surface area contributed by atoms with Crippen molar-refractivity contribution in [1.82, 2.24) is 20.6 Å². The van der Waals surface area contributed by atoms with Crippen LogP contribution in [0.4, 0.5) is 5.95 Å². The highest BCUT2D eigenvalue weighted by Crippen LogP contribution is 2.48. The first-order valence-corrected chi connectivity index (χ1v) is 4.32. The van der Waals surface area contributed by atoms with Crippen molar-refractivity contribution >= 4 is 5.95 Å². The van der Waals surface area contributed by atoms with Crippen LogP contribution in [0.2, 0.25) is 0 Å². The summed E-state index contributed by atoms with van der Waals surface area (Å²) in [6.45, 7) is 3.20. The first kappa shape index (κ1) is 7.52. The van der Waals surface area contributed by atoms with Gasteiger partial charge in [-0.25, -0.2) is 0 Å². The Hall–Kier alpha value is -1.13. The number of hydrogen-bond donors (Lipinski definition) is 2. The van der Waals surface area contributed by atoms with E-state index in [2.05, 4.69) is 32.9 Å². The molecule has 12 heavy (non-hydrogen) atoms. The van der Waals surface area contributed by atoms with Crippen molar-refractivity contribution in [2.75, 3.05) is 11.9 Å². The molecule has 0 radical (unpaired) electrons. The molecule has 0 spiro atoms. The Morgan fingerprint density at radius 3 is 2.92 bits per heavy atom. The van der Waals surface area contributed by atoms with Gasteiger partial charge in [0.25, 0.3) is 5.95 Å².